The van der Waals surface area contributed by atoms with E-state index in [-0.39, 0.29) is 4.90 Å². The van der Waals surface area contributed by atoms with Crippen molar-refractivity contribution in [3.05, 3.63) is 24.3 Å². The first-order valence-electron chi connectivity index (χ1n) is 4.87. The SMILES string of the molecule is CNc1cccc(S(=O)(=O)CCOS(=O)(=O)O)c1. The van der Waals surface area contributed by atoms with Crippen LogP contribution in [-0.4, -0.2) is 40.8 Å². The molecule has 0 fully saturated rings. The minimum absolute atomic E-state index is 0.0493. The molecule has 0 saturated carbocycles. The van der Waals surface area contributed by atoms with Gasteiger partial charge in [-0.25, -0.2) is 12.6 Å². The largest absolute Gasteiger partial charge is 0.397 e. The van der Waals surface area contributed by atoms with Gasteiger partial charge in [0.2, 0.25) is 0 Å². The van der Waals surface area contributed by atoms with Crippen LogP contribution in [0.4, 0.5) is 5.69 Å². The smallest absolute Gasteiger partial charge is 0.388 e. The van der Waals surface area contributed by atoms with Gasteiger partial charge in [-0.05, 0) is 18.2 Å². The lowest BCUT2D eigenvalue weighted by Gasteiger charge is -2.06. The van der Waals surface area contributed by atoms with Gasteiger partial charge in [-0.3, -0.25) is 4.55 Å². The first-order chi connectivity index (χ1) is 8.24. The maximum absolute atomic E-state index is 11.8. The second kappa shape index (κ2) is 5.65. The number of nitrogens with one attached hydrogen (secondary N) is 1. The average Bonchev–Trinajstić information content (AvgIpc) is 2.27. The van der Waals surface area contributed by atoms with E-state index in [0.717, 1.165) is 0 Å². The number of benzene rings is 1. The van der Waals surface area contributed by atoms with E-state index >= 15 is 0 Å². The topological polar surface area (TPSA) is 110 Å². The Balaban J connectivity index is 2.80. The van der Waals surface area contributed by atoms with Crippen molar-refractivity contribution in [1.82, 2.24) is 0 Å². The molecule has 1 aromatic rings. The summed E-state index contributed by atoms with van der Waals surface area (Å²) in [4.78, 5) is 0.0493. The van der Waals surface area contributed by atoms with Gasteiger partial charge in [-0.1, -0.05) is 6.07 Å². The van der Waals surface area contributed by atoms with Crippen LogP contribution < -0.4 is 5.32 Å². The van der Waals surface area contributed by atoms with Crippen molar-refractivity contribution in [3.8, 4) is 0 Å². The third-order valence-electron chi connectivity index (χ3n) is 2.07. The van der Waals surface area contributed by atoms with Crippen molar-refractivity contribution in [3.63, 3.8) is 0 Å². The highest BCUT2D eigenvalue weighted by Crippen LogP contribution is 2.16. The summed E-state index contributed by atoms with van der Waals surface area (Å²) in [7, 11) is -6.63. The molecule has 1 aromatic carbocycles. The van der Waals surface area contributed by atoms with E-state index in [9.17, 15) is 16.8 Å². The van der Waals surface area contributed by atoms with Crippen LogP contribution in [0.3, 0.4) is 0 Å². The van der Waals surface area contributed by atoms with Crippen LogP contribution in [0, 0.1) is 0 Å². The number of sulfone groups is 1. The Kier molecular flexibility index (Phi) is 4.68. The monoisotopic (exact) mass is 295 g/mol. The molecule has 9 heteroatoms. The molecule has 0 unspecified atom stereocenters. The van der Waals surface area contributed by atoms with Gasteiger partial charge in [-0.2, -0.15) is 8.42 Å². The molecule has 0 heterocycles. The van der Waals surface area contributed by atoms with Crippen molar-refractivity contribution in [2.45, 2.75) is 4.90 Å². The summed E-state index contributed by atoms with van der Waals surface area (Å²) in [5.74, 6) is -0.542. The van der Waals surface area contributed by atoms with E-state index in [0.29, 0.717) is 5.69 Å². The fourth-order valence-corrected chi connectivity index (χ4v) is 2.74. The van der Waals surface area contributed by atoms with E-state index in [1.807, 2.05) is 0 Å². The highest BCUT2D eigenvalue weighted by molar-refractivity contribution is 7.91. The van der Waals surface area contributed by atoms with Gasteiger partial charge >= 0.3 is 10.4 Å². The molecule has 102 valence electrons. The van der Waals surface area contributed by atoms with Crippen LogP contribution in [0.25, 0.3) is 0 Å². The molecule has 1 rings (SSSR count). The molecular weight excluding hydrogens is 282 g/mol. The van der Waals surface area contributed by atoms with Gasteiger partial charge in [0, 0.05) is 12.7 Å². The molecule has 0 aromatic heterocycles. The van der Waals surface area contributed by atoms with Crippen molar-refractivity contribution in [2.24, 2.45) is 0 Å². The lowest BCUT2D eigenvalue weighted by molar-refractivity contribution is 0.284. The third-order valence-corrected chi connectivity index (χ3v) is 4.21. The van der Waals surface area contributed by atoms with Crippen LogP contribution in [-0.2, 0) is 24.4 Å². The van der Waals surface area contributed by atoms with Crippen LogP contribution in [0.15, 0.2) is 29.2 Å². The Morgan fingerprint density at radius 3 is 2.50 bits per heavy atom. The van der Waals surface area contributed by atoms with E-state index in [4.69, 9.17) is 4.55 Å². The van der Waals surface area contributed by atoms with Crippen molar-refractivity contribution < 1.29 is 25.6 Å². The molecule has 7 nitrogen and oxygen atoms in total. The summed E-state index contributed by atoms with van der Waals surface area (Å²) in [6.45, 7) is -0.634. The standard InChI is InChI=1S/C9H13NO6S2/c1-10-8-3-2-4-9(7-8)17(11,12)6-5-16-18(13,14)15/h2-4,7,10H,5-6H2,1H3,(H,13,14,15). The minimum Gasteiger partial charge on any atom is -0.388 e. The maximum Gasteiger partial charge on any atom is 0.397 e. The normalized spacial score (nSPS) is 12.3. The fourth-order valence-electron chi connectivity index (χ4n) is 1.21. The van der Waals surface area contributed by atoms with Crippen LogP contribution in [0.1, 0.15) is 0 Å². The average molecular weight is 295 g/mol. The molecule has 18 heavy (non-hydrogen) atoms. The Labute approximate surface area is 106 Å². The summed E-state index contributed by atoms with van der Waals surface area (Å²) in [5.41, 5.74) is 0.617. The molecule has 0 atom stereocenters. The third kappa shape index (κ3) is 4.61. The Morgan fingerprint density at radius 2 is 1.94 bits per heavy atom. The van der Waals surface area contributed by atoms with E-state index in [1.54, 1.807) is 19.2 Å². The fraction of sp³-hybridized carbons (Fsp3) is 0.333. The predicted molar refractivity (Wildman–Crippen MR) is 65.5 cm³/mol. The lowest BCUT2D eigenvalue weighted by Crippen LogP contribution is -2.15. The molecule has 0 aliphatic carbocycles. The lowest BCUT2D eigenvalue weighted by atomic mass is 10.3. The molecule has 0 saturated heterocycles. The Bertz CT molecular complexity index is 608. The molecule has 0 spiro atoms. The molecule has 0 bridgehead atoms. The molecular formula is C9H13NO6S2. The van der Waals surface area contributed by atoms with Gasteiger partial charge in [-0.15, -0.1) is 0 Å². The highest BCUT2D eigenvalue weighted by Gasteiger charge is 2.16. The van der Waals surface area contributed by atoms with Gasteiger partial charge < -0.3 is 5.32 Å². The number of rotatable bonds is 6. The summed E-state index contributed by atoms with van der Waals surface area (Å²) in [5, 5.41) is 2.79. The summed E-state index contributed by atoms with van der Waals surface area (Å²) < 4.78 is 56.5. The zero-order chi connectivity index (χ0) is 13.8. The highest BCUT2D eigenvalue weighted by atomic mass is 32.3. The van der Waals surface area contributed by atoms with Crippen LogP contribution in [0.5, 0.6) is 0 Å². The second-order valence-corrected chi connectivity index (χ2v) is 6.55. The second-order valence-electron chi connectivity index (χ2n) is 3.35. The van der Waals surface area contributed by atoms with Gasteiger partial charge in [0.05, 0.1) is 17.3 Å². The number of anilines is 1. The first-order valence-corrected chi connectivity index (χ1v) is 7.89. The molecule has 0 aliphatic rings. The Morgan fingerprint density at radius 1 is 1.28 bits per heavy atom. The molecule has 0 amide bonds. The van der Waals surface area contributed by atoms with Crippen molar-refractivity contribution in [2.75, 3.05) is 24.7 Å². The summed E-state index contributed by atoms with van der Waals surface area (Å²) in [6.07, 6.45) is 0. The van der Waals surface area contributed by atoms with Crippen LogP contribution in [0.2, 0.25) is 0 Å². The van der Waals surface area contributed by atoms with Crippen molar-refractivity contribution >= 4 is 25.9 Å². The quantitative estimate of drug-likeness (QED) is 0.727. The summed E-state index contributed by atoms with van der Waals surface area (Å²) in [6, 6.07) is 6.06. The molecule has 0 radical (unpaired) electrons. The molecule has 2 N–H and O–H groups in total. The first kappa shape index (κ1) is 14.9. The van der Waals surface area contributed by atoms with Crippen LogP contribution >= 0.6 is 0 Å². The van der Waals surface area contributed by atoms with E-state index < -0.39 is 32.6 Å². The zero-order valence-electron chi connectivity index (χ0n) is 9.53. The minimum atomic E-state index is -4.62. The van der Waals surface area contributed by atoms with Gasteiger partial charge in [0.1, 0.15) is 0 Å². The summed E-state index contributed by atoms with van der Waals surface area (Å²) >= 11 is 0. The zero-order valence-corrected chi connectivity index (χ0v) is 11.2. The van der Waals surface area contributed by atoms with E-state index in [1.165, 1.54) is 12.1 Å². The predicted octanol–water partition coefficient (Wildman–Crippen LogP) is 0.321. The number of hydrogen-bond donors (Lipinski definition) is 2. The van der Waals surface area contributed by atoms with Gasteiger partial charge in [0.15, 0.2) is 9.84 Å². The van der Waals surface area contributed by atoms with E-state index in [2.05, 4.69) is 9.50 Å². The van der Waals surface area contributed by atoms with Gasteiger partial charge in [0.25, 0.3) is 0 Å². The maximum atomic E-state index is 11.8. The number of hydrogen-bond acceptors (Lipinski definition) is 6. The Hall–Kier alpha value is -1.16. The molecule has 0 aliphatic heterocycles. The van der Waals surface area contributed by atoms with Crippen molar-refractivity contribution in [1.29, 1.82) is 0 Å².